The summed E-state index contributed by atoms with van der Waals surface area (Å²) in [5.41, 5.74) is 1.53. The van der Waals surface area contributed by atoms with Crippen LogP contribution in [0.5, 0.6) is 0 Å². The molecule has 3 nitrogen and oxygen atoms in total. The van der Waals surface area contributed by atoms with Crippen molar-refractivity contribution in [2.24, 2.45) is 5.92 Å². The Morgan fingerprint density at radius 3 is 2.80 bits per heavy atom. The van der Waals surface area contributed by atoms with E-state index in [1.807, 2.05) is 23.1 Å². The van der Waals surface area contributed by atoms with Crippen molar-refractivity contribution in [2.75, 3.05) is 11.4 Å². The summed E-state index contributed by atoms with van der Waals surface area (Å²) in [7, 11) is 0. The van der Waals surface area contributed by atoms with E-state index in [-0.39, 0.29) is 12.3 Å². The lowest BCUT2D eigenvalue weighted by atomic mass is 9.92. The van der Waals surface area contributed by atoms with E-state index in [1.165, 1.54) is 5.56 Å². The zero-order chi connectivity index (χ0) is 14.2. The summed E-state index contributed by atoms with van der Waals surface area (Å²) >= 11 is 0. The number of hydrogen-bond acceptors (Lipinski definition) is 2. The Balaban J connectivity index is 1.81. The first kappa shape index (κ1) is 13.6. The van der Waals surface area contributed by atoms with Crippen LogP contribution in [0, 0.1) is 5.92 Å². The van der Waals surface area contributed by atoms with Crippen molar-refractivity contribution < 1.29 is 9.90 Å². The molecule has 3 rings (SSSR count). The van der Waals surface area contributed by atoms with Crippen LogP contribution in [0.25, 0.3) is 0 Å². The third-order valence-electron chi connectivity index (χ3n) is 4.66. The normalized spacial score (nSPS) is 24.5. The van der Waals surface area contributed by atoms with E-state index in [1.54, 1.807) is 0 Å². The Labute approximate surface area is 120 Å². The fourth-order valence-electron chi connectivity index (χ4n) is 3.62. The van der Waals surface area contributed by atoms with Crippen LogP contribution in [0.3, 0.4) is 0 Å². The zero-order valence-electron chi connectivity index (χ0n) is 12.1. The zero-order valence-corrected chi connectivity index (χ0v) is 12.1. The van der Waals surface area contributed by atoms with Crippen molar-refractivity contribution in [2.45, 2.75) is 51.0 Å². The molecule has 20 heavy (non-hydrogen) atoms. The second kappa shape index (κ2) is 5.21. The molecule has 1 aliphatic carbocycles. The van der Waals surface area contributed by atoms with Crippen LogP contribution in [-0.2, 0) is 11.2 Å². The topological polar surface area (TPSA) is 40.5 Å². The van der Waals surface area contributed by atoms with Crippen LogP contribution in [0.1, 0.15) is 44.6 Å². The lowest BCUT2D eigenvalue weighted by Gasteiger charge is -2.35. The Morgan fingerprint density at radius 2 is 2.05 bits per heavy atom. The van der Waals surface area contributed by atoms with Gasteiger partial charge in [-0.25, -0.2) is 0 Å². The molecule has 0 bridgehead atoms. The Kier molecular flexibility index (Phi) is 3.55. The number of nitrogens with zero attached hydrogens (tertiary/aromatic N) is 1. The molecule has 108 valence electrons. The summed E-state index contributed by atoms with van der Waals surface area (Å²) in [6.07, 6.45) is 4.92. The maximum atomic E-state index is 12.6. The minimum atomic E-state index is -0.757. The highest BCUT2D eigenvalue weighted by atomic mass is 16.3. The number of amides is 1. The third-order valence-corrected chi connectivity index (χ3v) is 4.66. The molecule has 3 heteroatoms. The first-order chi connectivity index (χ1) is 9.57. The third kappa shape index (κ3) is 2.59. The fraction of sp³-hybridized carbons (Fsp3) is 0.588. The van der Waals surface area contributed by atoms with Gasteiger partial charge in [0.15, 0.2) is 0 Å². The number of carbonyl (C=O) groups excluding carboxylic acids is 1. The van der Waals surface area contributed by atoms with E-state index in [0.717, 1.165) is 44.3 Å². The highest BCUT2D eigenvalue weighted by Crippen LogP contribution is 2.35. The molecule has 1 aliphatic heterocycles. The standard InChI is InChI=1S/C17H23NO2/c1-13-10-14-6-2-3-7-15(14)18(12-13)16(19)11-17(20)8-4-5-9-17/h2-3,6-7,13,20H,4-5,8-12H2,1H3. The first-order valence-corrected chi connectivity index (χ1v) is 7.68. The summed E-state index contributed by atoms with van der Waals surface area (Å²) in [5.74, 6) is 0.556. The molecule has 1 aromatic carbocycles. The highest BCUT2D eigenvalue weighted by Gasteiger charge is 2.36. The lowest BCUT2D eigenvalue weighted by Crippen LogP contribution is -2.43. The van der Waals surface area contributed by atoms with Crippen molar-refractivity contribution in [1.82, 2.24) is 0 Å². The van der Waals surface area contributed by atoms with Crippen molar-refractivity contribution in [3.05, 3.63) is 29.8 Å². The predicted molar refractivity (Wildman–Crippen MR) is 79.7 cm³/mol. The summed E-state index contributed by atoms with van der Waals surface area (Å²) in [6.45, 7) is 2.95. The van der Waals surface area contributed by atoms with Gasteiger partial charge < -0.3 is 10.0 Å². The van der Waals surface area contributed by atoms with E-state index in [2.05, 4.69) is 13.0 Å². The molecular weight excluding hydrogens is 250 g/mol. The van der Waals surface area contributed by atoms with Crippen LogP contribution in [0.4, 0.5) is 5.69 Å². The van der Waals surface area contributed by atoms with Gasteiger partial charge in [-0.15, -0.1) is 0 Å². The van der Waals surface area contributed by atoms with Gasteiger partial charge in [0.1, 0.15) is 0 Å². The fourth-order valence-corrected chi connectivity index (χ4v) is 3.62. The van der Waals surface area contributed by atoms with Crippen LogP contribution in [-0.4, -0.2) is 23.2 Å². The van der Waals surface area contributed by atoms with E-state index < -0.39 is 5.60 Å². The van der Waals surface area contributed by atoms with Crippen molar-refractivity contribution >= 4 is 11.6 Å². The van der Waals surface area contributed by atoms with Gasteiger partial charge in [-0.05, 0) is 36.8 Å². The molecule has 0 saturated heterocycles. The van der Waals surface area contributed by atoms with Crippen LogP contribution >= 0.6 is 0 Å². The second-order valence-corrected chi connectivity index (χ2v) is 6.55. The minimum Gasteiger partial charge on any atom is -0.389 e. The quantitative estimate of drug-likeness (QED) is 0.900. The van der Waals surface area contributed by atoms with E-state index in [4.69, 9.17) is 0 Å². The van der Waals surface area contributed by atoms with Crippen LogP contribution in [0.15, 0.2) is 24.3 Å². The number of hydrogen-bond donors (Lipinski definition) is 1. The average Bonchev–Trinajstić information content (AvgIpc) is 2.84. The molecule has 1 heterocycles. The van der Waals surface area contributed by atoms with Crippen LogP contribution < -0.4 is 4.90 Å². The number of rotatable bonds is 2. The van der Waals surface area contributed by atoms with Gasteiger partial charge in [0.05, 0.1) is 12.0 Å². The predicted octanol–water partition coefficient (Wildman–Crippen LogP) is 2.91. The Hall–Kier alpha value is -1.35. The molecule has 0 aromatic heterocycles. The SMILES string of the molecule is CC1Cc2ccccc2N(C(=O)CC2(O)CCCC2)C1. The lowest BCUT2D eigenvalue weighted by molar-refractivity contribution is -0.123. The highest BCUT2D eigenvalue weighted by molar-refractivity contribution is 5.95. The number of anilines is 1. The number of carbonyl (C=O) groups is 1. The molecule has 1 saturated carbocycles. The van der Waals surface area contributed by atoms with Gasteiger partial charge in [0.25, 0.3) is 0 Å². The maximum absolute atomic E-state index is 12.6. The largest absolute Gasteiger partial charge is 0.389 e. The minimum absolute atomic E-state index is 0.0772. The summed E-state index contributed by atoms with van der Waals surface area (Å²) in [4.78, 5) is 14.5. The number of benzene rings is 1. The molecule has 1 amide bonds. The maximum Gasteiger partial charge on any atom is 0.229 e. The number of fused-ring (bicyclic) bond motifs is 1. The molecule has 2 aliphatic rings. The van der Waals surface area contributed by atoms with Gasteiger partial charge in [-0.3, -0.25) is 4.79 Å². The molecular formula is C17H23NO2. The number of aliphatic hydroxyl groups is 1. The Bertz CT molecular complexity index is 505. The summed E-state index contributed by atoms with van der Waals surface area (Å²) < 4.78 is 0. The van der Waals surface area contributed by atoms with Gasteiger partial charge in [0, 0.05) is 12.2 Å². The molecule has 1 atom stereocenters. The number of para-hydroxylation sites is 1. The van der Waals surface area contributed by atoms with Crippen molar-refractivity contribution in [1.29, 1.82) is 0 Å². The smallest absolute Gasteiger partial charge is 0.229 e. The Morgan fingerprint density at radius 1 is 1.35 bits per heavy atom. The van der Waals surface area contributed by atoms with Gasteiger partial charge in [-0.1, -0.05) is 38.0 Å². The van der Waals surface area contributed by atoms with E-state index in [9.17, 15) is 9.90 Å². The monoisotopic (exact) mass is 273 g/mol. The molecule has 1 N–H and O–H groups in total. The average molecular weight is 273 g/mol. The van der Waals surface area contributed by atoms with Gasteiger partial charge in [0.2, 0.25) is 5.91 Å². The second-order valence-electron chi connectivity index (χ2n) is 6.55. The molecule has 0 spiro atoms. The van der Waals surface area contributed by atoms with Crippen molar-refractivity contribution in [3.8, 4) is 0 Å². The van der Waals surface area contributed by atoms with E-state index >= 15 is 0 Å². The first-order valence-electron chi connectivity index (χ1n) is 7.68. The van der Waals surface area contributed by atoms with Gasteiger partial charge in [-0.2, -0.15) is 0 Å². The van der Waals surface area contributed by atoms with Gasteiger partial charge >= 0.3 is 0 Å². The summed E-state index contributed by atoms with van der Waals surface area (Å²) in [6, 6.07) is 8.15. The molecule has 1 fully saturated rings. The summed E-state index contributed by atoms with van der Waals surface area (Å²) in [5, 5.41) is 10.5. The molecule has 1 unspecified atom stereocenters. The van der Waals surface area contributed by atoms with Crippen LogP contribution in [0.2, 0.25) is 0 Å². The van der Waals surface area contributed by atoms with E-state index in [0.29, 0.717) is 5.92 Å². The molecule has 0 radical (unpaired) electrons. The van der Waals surface area contributed by atoms with Crippen molar-refractivity contribution in [3.63, 3.8) is 0 Å². The molecule has 1 aromatic rings.